The smallest absolute Gasteiger partial charge is 0.374 e. The molecule has 0 radical (unpaired) electrons. The first kappa shape index (κ1) is 18.4. The molecule has 0 bridgehead atoms. The number of carbonyl (C=O) groups is 1. The van der Waals surface area contributed by atoms with Crippen LogP contribution < -0.4 is 27.5 Å². The van der Waals surface area contributed by atoms with E-state index < -0.39 is 40.5 Å². The summed E-state index contributed by atoms with van der Waals surface area (Å²) in [5.41, 5.74) is -5.39. The molecular weight excluding hydrogens is 378 g/mol. The largest absolute Gasteiger partial charge is 0.433 e. The van der Waals surface area contributed by atoms with Crippen molar-refractivity contribution >= 4 is 17.3 Å². The molecule has 0 unspecified atom stereocenters. The molecule has 0 atom stereocenters. The maximum atomic E-state index is 14.5. The SMILES string of the molecule is CON1C(=O)CNc2cc(F)c(-n3c(=O)cc(C(F)(F)F)n(N)c3=O)cc21. The summed E-state index contributed by atoms with van der Waals surface area (Å²) in [4.78, 5) is 41.0. The molecule has 1 aliphatic rings. The first-order valence-corrected chi connectivity index (χ1v) is 7.22. The third-order valence-electron chi connectivity index (χ3n) is 3.79. The fraction of sp³-hybridized carbons (Fsp3) is 0.214. The molecule has 1 aromatic heterocycles. The minimum absolute atomic E-state index is 0.0417. The third-order valence-corrected chi connectivity index (χ3v) is 3.79. The highest BCUT2D eigenvalue weighted by molar-refractivity contribution is 6.01. The van der Waals surface area contributed by atoms with Crippen molar-refractivity contribution in [2.24, 2.45) is 0 Å². The van der Waals surface area contributed by atoms with Gasteiger partial charge in [-0.3, -0.25) is 14.4 Å². The summed E-state index contributed by atoms with van der Waals surface area (Å²) in [6.07, 6.45) is -5.07. The van der Waals surface area contributed by atoms with Gasteiger partial charge in [-0.2, -0.15) is 18.2 Å². The van der Waals surface area contributed by atoms with E-state index in [1.54, 1.807) is 0 Å². The number of nitrogen functional groups attached to an aromatic ring is 1. The first-order valence-electron chi connectivity index (χ1n) is 7.22. The third kappa shape index (κ3) is 2.91. The summed E-state index contributed by atoms with van der Waals surface area (Å²) in [6, 6.07) is 1.85. The van der Waals surface area contributed by atoms with E-state index >= 15 is 0 Å². The van der Waals surface area contributed by atoms with Gasteiger partial charge >= 0.3 is 11.9 Å². The van der Waals surface area contributed by atoms with Crippen LogP contribution in [0.1, 0.15) is 5.69 Å². The molecular formula is C14H11F4N5O4. The van der Waals surface area contributed by atoms with Gasteiger partial charge in [0.05, 0.1) is 30.7 Å². The van der Waals surface area contributed by atoms with E-state index in [9.17, 15) is 31.9 Å². The van der Waals surface area contributed by atoms with Crippen molar-refractivity contribution in [3.8, 4) is 5.69 Å². The molecule has 27 heavy (non-hydrogen) atoms. The first-order chi connectivity index (χ1) is 12.6. The molecule has 3 N–H and O–H groups in total. The van der Waals surface area contributed by atoms with Gasteiger partial charge in [0.15, 0.2) is 5.69 Å². The second-order valence-electron chi connectivity index (χ2n) is 5.40. The van der Waals surface area contributed by atoms with Crippen LogP contribution >= 0.6 is 0 Å². The lowest BCUT2D eigenvalue weighted by Crippen LogP contribution is -2.45. The number of fused-ring (bicyclic) bond motifs is 1. The molecule has 3 rings (SSSR count). The molecule has 1 aromatic carbocycles. The minimum Gasteiger partial charge on any atom is -0.374 e. The number of nitrogens with one attached hydrogen (secondary N) is 1. The summed E-state index contributed by atoms with van der Waals surface area (Å²) >= 11 is 0. The van der Waals surface area contributed by atoms with Gasteiger partial charge in [0.2, 0.25) is 0 Å². The molecule has 0 fully saturated rings. The van der Waals surface area contributed by atoms with Crippen molar-refractivity contribution in [3.05, 3.63) is 50.5 Å². The van der Waals surface area contributed by atoms with Crippen LogP contribution in [-0.2, 0) is 15.8 Å². The number of aromatic nitrogens is 2. The van der Waals surface area contributed by atoms with Crippen LogP contribution in [0.4, 0.5) is 28.9 Å². The number of halogens is 4. The molecule has 144 valence electrons. The zero-order chi connectivity index (χ0) is 20.1. The van der Waals surface area contributed by atoms with Crippen molar-refractivity contribution < 1.29 is 27.2 Å². The van der Waals surface area contributed by atoms with Gasteiger partial charge in [0, 0.05) is 12.1 Å². The molecule has 1 amide bonds. The Balaban J connectivity index is 2.29. The van der Waals surface area contributed by atoms with Crippen molar-refractivity contribution in [3.63, 3.8) is 0 Å². The Labute approximate surface area is 147 Å². The summed E-state index contributed by atoms with van der Waals surface area (Å²) in [5.74, 6) is 3.48. The topological polar surface area (TPSA) is 112 Å². The van der Waals surface area contributed by atoms with Crippen LogP contribution in [0.3, 0.4) is 0 Å². The molecule has 0 saturated heterocycles. The maximum Gasteiger partial charge on any atom is 0.433 e. The normalized spacial score (nSPS) is 14.1. The van der Waals surface area contributed by atoms with Crippen LogP contribution in [0.15, 0.2) is 27.8 Å². The minimum atomic E-state index is -5.07. The maximum absolute atomic E-state index is 14.5. The van der Waals surface area contributed by atoms with Gasteiger partial charge in [0.25, 0.3) is 11.5 Å². The second kappa shape index (κ2) is 6.12. The number of rotatable bonds is 2. The number of hydrogen-bond donors (Lipinski definition) is 2. The van der Waals surface area contributed by atoms with Crippen LogP contribution in [0.2, 0.25) is 0 Å². The number of hydrogen-bond acceptors (Lipinski definition) is 6. The summed E-state index contributed by atoms with van der Waals surface area (Å²) < 4.78 is 52.8. The molecule has 0 aliphatic carbocycles. The van der Waals surface area contributed by atoms with E-state index in [1.165, 1.54) is 0 Å². The lowest BCUT2D eigenvalue weighted by atomic mass is 10.2. The fourth-order valence-electron chi connectivity index (χ4n) is 2.61. The van der Waals surface area contributed by atoms with Crippen molar-refractivity contribution in [1.29, 1.82) is 0 Å². The highest BCUT2D eigenvalue weighted by atomic mass is 19.4. The Hall–Kier alpha value is -3.35. The van der Waals surface area contributed by atoms with Crippen molar-refractivity contribution in [2.45, 2.75) is 6.18 Å². The second-order valence-corrected chi connectivity index (χ2v) is 5.40. The molecule has 2 heterocycles. The quantitative estimate of drug-likeness (QED) is 0.560. The lowest BCUT2D eigenvalue weighted by Gasteiger charge is -2.28. The molecule has 0 saturated carbocycles. The van der Waals surface area contributed by atoms with Crippen LogP contribution in [0.5, 0.6) is 0 Å². The Bertz CT molecular complexity index is 1060. The highest BCUT2D eigenvalue weighted by Gasteiger charge is 2.36. The van der Waals surface area contributed by atoms with Crippen molar-refractivity contribution in [1.82, 2.24) is 9.24 Å². The summed E-state index contributed by atoms with van der Waals surface area (Å²) in [6.45, 7) is -0.199. The number of benzene rings is 1. The number of hydroxylamine groups is 1. The van der Waals surface area contributed by atoms with Crippen LogP contribution in [-0.4, -0.2) is 28.8 Å². The van der Waals surface area contributed by atoms with E-state index in [2.05, 4.69) is 5.32 Å². The van der Waals surface area contributed by atoms with Crippen LogP contribution in [0, 0.1) is 5.82 Å². The fourth-order valence-corrected chi connectivity index (χ4v) is 2.61. The number of nitrogens with zero attached hydrogens (tertiary/aromatic N) is 3. The molecule has 13 heteroatoms. The summed E-state index contributed by atoms with van der Waals surface area (Å²) in [5, 5.41) is 3.39. The Kier molecular flexibility index (Phi) is 4.18. The average molecular weight is 389 g/mol. The number of alkyl halides is 3. The zero-order valence-electron chi connectivity index (χ0n) is 13.5. The van der Waals surface area contributed by atoms with Gasteiger partial charge < -0.3 is 11.2 Å². The van der Waals surface area contributed by atoms with E-state index in [0.29, 0.717) is 0 Å². The van der Waals surface area contributed by atoms with Gasteiger partial charge in [0.1, 0.15) is 5.82 Å². The van der Waals surface area contributed by atoms with E-state index in [-0.39, 0.29) is 33.2 Å². The van der Waals surface area contributed by atoms with Crippen LogP contribution in [0.25, 0.3) is 5.69 Å². The predicted molar refractivity (Wildman–Crippen MR) is 84.4 cm³/mol. The molecule has 2 aromatic rings. The van der Waals surface area contributed by atoms with E-state index in [0.717, 1.165) is 24.3 Å². The number of amides is 1. The summed E-state index contributed by atoms with van der Waals surface area (Å²) in [7, 11) is 1.16. The van der Waals surface area contributed by atoms with Gasteiger partial charge in [-0.05, 0) is 6.07 Å². The molecule has 0 spiro atoms. The lowest BCUT2D eigenvalue weighted by molar-refractivity contribution is -0.143. The average Bonchev–Trinajstić information content (AvgIpc) is 2.58. The molecule has 1 aliphatic heterocycles. The zero-order valence-corrected chi connectivity index (χ0v) is 13.5. The van der Waals surface area contributed by atoms with E-state index in [1.807, 2.05) is 0 Å². The predicted octanol–water partition coefficient (Wildman–Crippen LogP) is 0.191. The van der Waals surface area contributed by atoms with Gasteiger partial charge in [-0.25, -0.2) is 18.4 Å². The monoisotopic (exact) mass is 389 g/mol. The highest BCUT2D eigenvalue weighted by Crippen LogP contribution is 2.33. The Morgan fingerprint density at radius 3 is 2.41 bits per heavy atom. The van der Waals surface area contributed by atoms with E-state index in [4.69, 9.17) is 10.7 Å². The van der Waals surface area contributed by atoms with Crippen molar-refractivity contribution in [2.75, 3.05) is 29.9 Å². The standard InChI is InChI=1S/C14H11F4N5O4/c1-27-23-9-3-8(6(15)2-7(9)20-5-12(23)25)21-11(24)4-10(14(16,17)18)22(19)13(21)26/h2-4,20H,5,19H2,1H3. The van der Waals surface area contributed by atoms with Gasteiger partial charge in [-0.15, -0.1) is 0 Å². The number of carbonyl (C=O) groups excluding carboxylic acids is 1. The Morgan fingerprint density at radius 2 is 1.81 bits per heavy atom. The number of nitrogens with two attached hydrogens (primary N) is 1. The van der Waals surface area contributed by atoms with Gasteiger partial charge in [-0.1, -0.05) is 0 Å². The molecule has 9 nitrogen and oxygen atoms in total. The Morgan fingerprint density at radius 1 is 1.15 bits per heavy atom. The number of anilines is 2.